The van der Waals surface area contributed by atoms with E-state index in [1.165, 1.54) is 71.3 Å². The van der Waals surface area contributed by atoms with Gasteiger partial charge in [0.05, 0.1) is 58.1 Å². The van der Waals surface area contributed by atoms with Gasteiger partial charge in [0.25, 0.3) is 0 Å². The highest BCUT2D eigenvalue weighted by Gasteiger charge is 2.66. The van der Waals surface area contributed by atoms with E-state index in [4.69, 9.17) is 18.9 Å². The van der Waals surface area contributed by atoms with Crippen LogP contribution in [0.5, 0.6) is 0 Å². The number of methoxy groups -OCH3 is 1. The first-order valence-electron chi connectivity index (χ1n) is 32.1. The summed E-state index contributed by atoms with van der Waals surface area (Å²) in [4.78, 5) is 59.4. The van der Waals surface area contributed by atoms with Crippen molar-refractivity contribution in [1.29, 1.82) is 0 Å². The van der Waals surface area contributed by atoms with Crippen LogP contribution in [-0.2, 0) is 47.7 Å². The summed E-state index contributed by atoms with van der Waals surface area (Å²) in [5, 5.41) is 32.0. The number of ether oxygens (including phenoxy) is 5. The molecular formula is C79H158O13. The number of hydrogen-bond donors (Lipinski definition) is 3. The number of aliphatic hydroxyl groups is 3. The van der Waals surface area contributed by atoms with Gasteiger partial charge in [-0.25, -0.2) is 0 Å². The van der Waals surface area contributed by atoms with Crippen LogP contribution >= 0.6 is 0 Å². The van der Waals surface area contributed by atoms with E-state index in [0.717, 1.165) is 101 Å². The largest absolute Gasteiger partial charge is 0.469 e. The highest BCUT2D eigenvalue weighted by atomic mass is 16.6. The monoisotopic (exact) mass is 1320 g/mol. The highest BCUT2D eigenvalue weighted by Crippen LogP contribution is 2.65. The van der Waals surface area contributed by atoms with E-state index in [9.17, 15) is 39.3 Å². The molecule has 14 aliphatic carbocycles. The Bertz CT molecular complexity index is 2230. The molecule has 1 saturated heterocycles. The standard InChI is InChI=1S/C19H32O2.C16H26O4.C16H26O3.C9H12O2.C7H14O2.12CH4/c1-6-17(2,3)16(20)21-18(4,5)19-10-13-7-14(11-19)9-15(8-13)12-19;1-4-13(2,3)12(17)20-16-7-11-5-14(18,9-16)8-15(19,6-11)10-16;1-4-14(2,3)13(17)19-16-8-11-5-12(9-16)7-15(18,6-11)10-16;10-9-8-6-2-1-5(3-6)7(8)4-11-9;1-5-7(2,3)6(8)9-4;;;;;;;;;;;;/h13-15H,6-12H2,1-5H3;11,18-19H,4-10H2,1-3H3;11-12,18H,4-10H2,1-3H3;5-8H,1-4H2;5H2,1-4H3;12*1H4. The molecule has 0 spiro atoms. The number of hydrogen-bond acceptors (Lipinski definition) is 13. The molecule has 0 radical (unpaired) electrons. The highest BCUT2D eigenvalue weighted by molar-refractivity contribution is 5.78. The molecule has 8 atom stereocenters. The molecule has 0 aromatic carbocycles. The molecule has 13 heteroatoms. The molecule has 0 aromatic rings. The van der Waals surface area contributed by atoms with Crippen LogP contribution < -0.4 is 0 Å². The molecule has 0 aromatic heterocycles. The van der Waals surface area contributed by atoms with Crippen molar-refractivity contribution >= 4 is 29.8 Å². The maximum Gasteiger partial charge on any atom is 0.312 e. The summed E-state index contributed by atoms with van der Waals surface area (Å²) >= 11 is 0. The maximum absolute atomic E-state index is 12.6. The van der Waals surface area contributed by atoms with Gasteiger partial charge in [0, 0.05) is 37.0 Å². The van der Waals surface area contributed by atoms with Crippen LogP contribution in [0.1, 0.15) is 347 Å². The van der Waals surface area contributed by atoms with E-state index in [-0.39, 0.29) is 152 Å². The summed E-state index contributed by atoms with van der Waals surface area (Å²) in [5.74, 6) is 6.21. The second-order valence-corrected chi connectivity index (χ2v) is 32.5. The summed E-state index contributed by atoms with van der Waals surface area (Å²) < 4.78 is 27.6. The van der Waals surface area contributed by atoms with Crippen molar-refractivity contribution in [3.05, 3.63) is 0 Å². The molecule has 0 amide bonds. The van der Waals surface area contributed by atoms with Crippen molar-refractivity contribution in [1.82, 2.24) is 0 Å². The fraction of sp³-hybridized carbons (Fsp3) is 0.937. The number of carbonyl (C=O) groups is 5. The zero-order valence-corrected chi connectivity index (χ0v) is 52.6. The van der Waals surface area contributed by atoms with Gasteiger partial charge >= 0.3 is 29.8 Å². The van der Waals surface area contributed by atoms with Gasteiger partial charge < -0.3 is 39.0 Å². The molecule has 14 saturated carbocycles. The minimum Gasteiger partial charge on any atom is -0.469 e. The number of esters is 5. The predicted molar refractivity (Wildman–Crippen MR) is 387 cm³/mol. The summed E-state index contributed by atoms with van der Waals surface area (Å²) in [7, 11) is 1.42. The van der Waals surface area contributed by atoms with E-state index >= 15 is 0 Å². The molecular weight excluding hydrogens is 1160 g/mol. The number of carbonyl (C=O) groups excluding carboxylic acids is 5. The van der Waals surface area contributed by atoms with E-state index < -0.39 is 33.2 Å². The van der Waals surface area contributed by atoms with Crippen molar-refractivity contribution in [2.45, 2.75) is 380 Å². The van der Waals surface area contributed by atoms with Gasteiger partial charge in [-0.2, -0.15) is 0 Å². The summed E-state index contributed by atoms with van der Waals surface area (Å²) in [5.41, 5.74) is -4.90. The second kappa shape index (κ2) is 34.6. The van der Waals surface area contributed by atoms with Crippen LogP contribution in [0.2, 0.25) is 0 Å². The number of rotatable bonds is 12. The van der Waals surface area contributed by atoms with Gasteiger partial charge in [0.1, 0.15) is 16.8 Å². The van der Waals surface area contributed by atoms with Crippen LogP contribution in [0.15, 0.2) is 0 Å². The zero-order chi connectivity index (χ0) is 59.1. The Morgan fingerprint density at radius 2 is 0.783 bits per heavy atom. The van der Waals surface area contributed by atoms with Crippen molar-refractivity contribution in [2.24, 2.45) is 86.3 Å². The molecule has 1 aliphatic heterocycles. The Morgan fingerprint density at radius 1 is 0.435 bits per heavy atom. The van der Waals surface area contributed by atoms with E-state index in [1.807, 2.05) is 76.2 Å². The molecule has 1 heterocycles. The van der Waals surface area contributed by atoms with Crippen LogP contribution in [0.3, 0.4) is 0 Å². The van der Waals surface area contributed by atoms with Crippen LogP contribution in [0.25, 0.3) is 0 Å². The molecule has 92 heavy (non-hydrogen) atoms. The fourth-order valence-corrected chi connectivity index (χ4v) is 18.8. The van der Waals surface area contributed by atoms with Gasteiger partial charge in [-0.05, 0) is 251 Å². The second-order valence-electron chi connectivity index (χ2n) is 32.5. The van der Waals surface area contributed by atoms with E-state index in [2.05, 4.69) is 25.5 Å². The topological polar surface area (TPSA) is 192 Å². The first-order valence-corrected chi connectivity index (χ1v) is 32.1. The number of cyclic esters (lactones) is 1. The lowest BCUT2D eigenvalue weighted by Crippen LogP contribution is -2.67. The normalized spacial score (nSPS) is 35.5. The Labute approximate surface area is 570 Å². The van der Waals surface area contributed by atoms with E-state index in [1.54, 1.807) is 0 Å². The quantitative estimate of drug-likeness (QED) is 0.124. The lowest BCUT2D eigenvalue weighted by molar-refractivity contribution is -0.264. The molecule has 14 bridgehead atoms. The molecule has 8 unspecified atom stereocenters. The fourth-order valence-electron chi connectivity index (χ4n) is 18.8. The van der Waals surface area contributed by atoms with Crippen molar-refractivity contribution in [3.8, 4) is 0 Å². The van der Waals surface area contributed by atoms with Crippen molar-refractivity contribution in [2.75, 3.05) is 13.7 Å². The average Bonchev–Trinajstić information content (AvgIpc) is 1.02. The Morgan fingerprint density at radius 3 is 1.15 bits per heavy atom. The molecule has 15 fully saturated rings. The molecule has 3 N–H and O–H groups in total. The lowest BCUT2D eigenvalue weighted by atomic mass is 9.46. The predicted octanol–water partition coefficient (Wildman–Crippen LogP) is 20.6. The smallest absolute Gasteiger partial charge is 0.312 e. The lowest BCUT2D eigenvalue weighted by Gasteiger charge is -2.62. The van der Waals surface area contributed by atoms with Gasteiger partial charge in [-0.1, -0.05) is 117 Å². The van der Waals surface area contributed by atoms with Crippen molar-refractivity contribution < 1.29 is 63.0 Å². The molecule has 15 aliphatic rings. The first-order chi connectivity index (χ1) is 36.9. The van der Waals surface area contributed by atoms with Crippen LogP contribution in [-0.4, -0.2) is 92.5 Å². The third kappa shape index (κ3) is 20.2. The third-order valence-corrected chi connectivity index (χ3v) is 23.9. The van der Waals surface area contributed by atoms with Gasteiger partial charge in [-0.15, -0.1) is 0 Å². The van der Waals surface area contributed by atoms with Gasteiger partial charge in [0.15, 0.2) is 0 Å². The average molecular weight is 1320 g/mol. The van der Waals surface area contributed by atoms with E-state index in [0.29, 0.717) is 55.3 Å². The first kappa shape index (κ1) is 97.9. The molecule has 15 rings (SSSR count). The Kier molecular flexibility index (Phi) is 36.9. The van der Waals surface area contributed by atoms with Gasteiger partial charge in [0.2, 0.25) is 0 Å². The van der Waals surface area contributed by atoms with Crippen LogP contribution in [0, 0.1) is 86.3 Å². The Balaban J connectivity index is -0.000000340. The minimum atomic E-state index is -0.842. The SMILES string of the molecule is C.C.C.C.C.C.C.C.C.C.C.C.CCC(C)(C)C(=O)OC.CCC(C)(C)C(=O)OC(C)(C)C12CC3CC(CC(C3)C1)C2.CCC(C)(C)C(=O)OC12CC3CC(CC(O)(C3)C1)C2.CCC(C)(C)C(=O)OC12CC3CC(O)(CC(O)(C3)C1)C2.O=C1OCC2C3CCC(C3)C12. The van der Waals surface area contributed by atoms with Crippen molar-refractivity contribution in [3.63, 3.8) is 0 Å². The van der Waals surface area contributed by atoms with Gasteiger partial charge in [-0.3, -0.25) is 24.0 Å². The Hall–Kier alpha value is -2.77. The summed E-state index contributed by atoms with van der Waals surface area (Å²) in [6.45, 7) is 28.6. The van der Waals surface area contributed by atoms with Crippen LogP contribution in [0.4, 0.5) is 0 Å². The maximum atomic E-state index is 12.6. The summed E-state index contributed by atoms with van der Waals surface area (Å²) in [6.07, 6.45) is 24.6. The zero-order valence-electron chi connectivity index (χ0n) is 52.6. The minimum absolute atomic E-state index is 0. The number of fused-ring (bicyclic) bond motifs is 5. The third-order valence-electron chi connectivity index (χ3n) is 23.9. The molecule has 13 nitrogen and oxygen atoms in total. The molecule has 552 valence electrons. The summed E-state index contributed by atoms with van der Waals surface area (Å²) in [6, 6.07) is 0.